The van der Waals surface area contributed by atoms with E-state index in [0.29, 0.717) is 17.7 Å². The molecular formula is C43H51BrN4O11. The molecule has 7 rings (SSSR count). The zero-order chi connectivity index (χ0) is 42.4. The number of ketones is 2. The Labute approximate surface area is 350 Å². The van der Waals surface area contributed by atoms with E-state index in [2.05, 4.69) is 38.8 Å². The molecule has 11 atom stereocenters. The van der Waals surface area contributed by atoms with Gasteiger partial charge in [0.15, 0.2) is 23.5 Å². The predicted octanol–water partition coefficient (Wildman–Crippen LogP) is 3.50. The SMILES string of the molecule is C[C@H](c1cccc(NC(=O)[C@H](CCC(=O)O)NC(=O)CNC(=O)CBr)c1)n1ccc([C@@H]2O[C@@H]3C[C@H]4[C@@H]5CCC6=CC(=O)C=C[C@]6(C)[C@H]5[C@@H](O)C[C@]4(C)[C@]3(C(=O)CO)O2)c1. The summed E-state index contributed by atoms with van der Waals surface area (Å²) < 4.78 is 15.3. The topological polar surface area (TPSA) is 223 Å². The standard InChI is InChI=1S/C43H51BrN4O11/c1-23(24-5-4-6-27(15-24)46-39(57)31(9-10-37(55)56)47-36(54)20-45-35(53)19-44)48-14-12-25(21-48)40-58-34-17-30-29-8-7-26-16-28(50)11-13-41(26,2)38(29)32(51)18-42(30,3)43(34,59-40)33(52)22-49/h4-6,11-16,21,23,29-32,34,38,40,49,51H,7-10,17-20,22H2,1-3H3,(H,45,53)(H,46,57)(H,47,54)(H,55,56)/t23-,29+,30+,31+,32+,34-,38-,40-,41+,42+,43-/m1/s1. The third-order valence-electron chi connectivity index (χ3n) is 13.8. The zero-order valence-electron chi connectivity index (χ0n) is 33.2. The van der Waals surface area contributed by atoms with Gasteiger partial charge in [0.05, 0.1) is 30.1 Å². The maximum absolute atomic E-state index is 14.0. The van der Waals surface area contributed by atoms with Gasteiger partial charge in [-0.3, -0.25) is 28.8 Å². The number of hydrogen-bond acceptors (Lipinski definition) is 10. The van der Waals surface area contributed by atoms with Crippen molar-refractivity contribution in [2.24, 2.45) is 28.6 Å². The van der Waals surface area contributed by atoms with Gasteiger partial charge < -0.3 is 45.3 Å². The fourth-order valence-electron chi connectivity index (χ4n) is 10.9. The van der Waals surface area contributed by atoms with Gasteiger partial charge in [0.25, 0.3) is 0 Å². The van der Waals surface area contributed by atoms with Gasteiger partial charge in [-0.05, 0) is 86.8 Å². The number of carboxylic acid groups (broad SMARTS) is 1. The summed E-state index contributed by atoms with van der Waals surface area (Å²) in [6.07, 6.45) is 8.35. The maximum atomic E-state index is 14.0. The highest BCUT2D eigenvalue weighted by molar-refractivity contribution is 9.09. The lowest BCUT2D eigenvalue weighted by atomic mass is 9.46. The van der Waals surface area contributed by atoms with Gasteiger partial charge in [0.1, 0.15) is 12.6 Å². The molecule has 3 saturated carbocycles. The number of carbonyl (C=O) groups excluding carboxylic acids is 5. The Kier molecular flexibility index (Phi) is 11.9. The summed E-state index contributed by atoms with van der Waals surface area (Å²) in [5, 5.41) is 39.2. The van der Waals surface area contributed by atoms with E-state index >= 15 is 0 Å². The van der Waals surface area contributed by atoms with Gasteiger partial charge in [-0.15, -0.1) is 0 Å². The minimum Gasteiger partial charge on any atom is -0.481 e. The van der Waals surface area contributed by atoms with Crippen LogP contribution in [0.15, 0.2) is 66.5 Å². The minimum absolute atomic E-state index is 0.00665. The molecule has 2 aromatic rings. The molecule has 1 aliphatic heterocycles. The van der Waals surface area contributed by atoms with Crippen LogP contribution in [0.3, 0.4) is 0 Å². The van der Waals surface area contributed by atoms with E-state index in [4.69, 9.17) is 9.47 Å². The monoisotopic (exact) mass is 878 g/mol. The number of aromatic nitrogens is 1. The normalized spacial score (nSPS) is 32.7. The number of aliphatic carboxylic acids is 1. The average molecular weight is 880 g/mol. The molecule has 5 aliphatic rings. The quantitative estimate of drug-likeness (QED) is 0.151. The van der Waals surface area contributed by atoms with Crippen LogP contribution in [0.5, 0.6) is 0 Å². The number of rotatable bonds is 14. The lowest BCUT2D eigenvalue weighted by molar-refractivity contribution is -0.201. The minimum atomic E-state index is -1.48. The second kappa shape index (κ2) is 16.5. The second-order valence-corrected chi connectivity index (χ2v) is 17.5. The number of fused-ring (bicyclic) bond motifs is 7. The molecule has 59 heavy (non-hydrogen) atoms. The number of aliphatic hydroxyl groups is 2. The molecule has 0 radical (unpaired) electrons. The maximum Gasteiger partial charge on any atom is 0.303 e. The first-order chi connectivity index (χ1) is 28.0. The summed E-state index contributed by atoms with van der Waals surface area (Å²) in [7, 11) is 0. The van der Waals surface area contributed by atoms with Crippen molar-refractivity contribution in [2.75, 3.05) is 23.8 Å². The molecule has 0 spiro atoms. The molecule has 1 aromatic heterocycles. The Morgan fingerprint density at radius 2 is 1.90 bits per heavy atom. The predicted molar refractivity (Wildman–Crippen MR) is 216 cm³/mol. The zero-order valence-corrected chi connectivity index (χ0v) is 34.8. The Bertz CT molecular complexity index is 2100. The number of anilines is 1. The molecule has 316 valence electrons. The molecule has 0 bridgehead atoms. The molecule has 1 saturated heterocycles. The first-order valence-electron chi connectivity index (χ1n) is 20.1. The van der Waals surface area contributed by atoms with Crippen molar-refractivity contribution in [1.82, 2.24) is 15.2 Å². The van der Waals surface area contributed by atoms with Crippen LogP contribution in [0.25, 0.3) is 0 Å². The third kappa shape index (κ3) is 7.62. The van der Waals surface area contributed by atoms with Gasteiger partial charge in [-0.2, -0.15) is 0 Å². The van der Waals surface area contributed by atoms with Crippen LogP contribution in [0.4, 0.5) is 5.69 Å². The van der Waals surface area contributed by atoms with Crippen LogP contribution in [0.2, 0.25) is 0 Å². The van der Waals surface area contributed by atoms with Gasteiger partial charge in [0, 0.05) is 46.8 Å². The van der Waals surface area contributed by atoms with E-state index in [1.54, 1.807) is 30.4 Å². The van der Waals surface area contributed by atoms with Crippen molar-refractivity contribution >= 4 is 56.9 Å². The number of ether oxygens (including phenoxy) is 2. The summed E-state index contributed by atoms with van der Waals surface area (Å²) in [4.78, 5) is 74.9. The summed E-state index contributed by atoms with van der Waals surface area (Å²) in [5.41, 5.74) is 0.127. The molecule has 16 heteroatoms. The molecule has 4 fully saturated rings. The molecule has 15 nitrogen and oxygen atoms in total. The van der Waals surface area contributed by atoms with Crippen LogP contribution >= 0.6 is 15.9 Å². The largest absolute Gasteiger partial charge is 0.481 e. The van der Waals surface area contributed by atoms with Crippen LogP contribution in [-0.4, -0.2) is 97.5 Å². The first kappa shape index (κ1) is 42.6. The van der Waals surface area contributed by atoms with Crippen LogP contribution in [0, 0.1) is 28.6 Å². The summed E-state index contributed by atoms with van der Waals surface area (Å²) in [6, 6.07) is 7.49. The van der Waals surface area contributed by atoms with Crippen molar-refractivity contribution in [1.29, 1.82) is 0 Å². The number of nitrogens with one attached hydrogen (secondary N) is 3. The van der Waals surface area contributed by atoms with E-state index in [1.165, 1.54) is 0 Å². The lowest BCUT2D eigenvalue weighted by Crippen LogP contribution is -2.63. The third-order valence-corrected chi connectivity index (χ3v) is 14.3. The smallest absolute Gasteiger partial charge is 0.303 e. The number of allylic oxidation sites excluding steroid dienone is 4. The Balaban J connectivity index is 1.06. The highest BCUT2D eigenvalue weighted by atomic mass is 79.9. The molecule has 4 aliphatic carbocycles. The molecule has 1 aromatic carbocycles. The second-order valence-electron chi connectivity index (χ2n) is 17.0. The number of aliphatic hydroxyl groups excluding tert-OH is 2. The Hall–Kier alpha value is -4.48. The Morgan fingerprint density at radius 3 is 2.63 bits per heavy atom. The number of alkyl halides is 1. The van der Waals surface area contributed by atoms with Crippen molar-refractivity contribution in [3.63, 3.8) is 0 Å². The highest BCUT2D eigenvalue weighted by Gasteiger charge is 2.76. The summed E-state index contributed by atoms with van der Waals surface area (Å²) in [5.74, 6) is -3.47. The van der Waals surface area contributed by atoms with E-state index in [9.17, 15) is 44.1 Å². The summed E-state index contributed by atoms with van der Waals surface area (Å²) in [6.45, 7) is 4.93. The van der Waals surface area contributed by atoms with Gasteiger partial charge in [-0.25, -0.2) is 0 Å². The average Bonchev–Trinajstić information content (AvgIpc) is 3.91. The van der Waals surface area contributed by atoms with Crippen LogP contribution in [0.1, 0.15) is 82.8 Å². The van der Waals surface area contributed by atoms with Gasteiger partial charge >= 0.3 is 5.97 Å². The number of halogens is 1. The lowest BCUT2D eigenvalue weighted by Gasteiger charge is -2.59. The molecule has 6 N–H and O–H groups in total. The molecule has 0 unspecified atom stereocenters. The van der Waals surface area contributed by atoms with Crippen molar-refractivity contribution < 1.29 is 53.6 Å². The van der Waals surface area contributed by atoms with Gasteiger partial charge in [0.2, 0.25) is 17.7 Å². The van der Waals surface area contributed by atoms with Crippen molar-refractivity contribution in [3.05, 3.63) is 77.7 Å². The van der Waals surface area contributed by atoms with E-state index in [-0.39, 0.29) is 60.7 Å². The fourth-order valence-corrected chi connectivity index (χ4v) is 11.1. The van der Waals surface area contributed by atoms with Crippen LogP contribution < -0.4 is 16.0 Å². The van der Waals surface area contributed by atoms with E-state index in [1.807, 2.05) is 49.0 Å². The number of carbonyl (C=O) groups is 6. The molecular weight excluding hydrogens is 828 g/mol. The van der Waals surface area contributed by atoms with E-state index < -0.39 is 77.1 Å². The highest BCUT2D eigenvalue weighted by Crippen LogP contribution is 2.70. The van der Waals surface area contributed by atoms with Crippen molar-refractivity contribution in [3.8, 4) is 0 Å². The summed E-state index contributed by atoms with van der Waals surface area (Å²) >= 11 is 2.99. The van der Waals surface area contributed by atoms with Crippen LogP contribution in [-0.2, 0) is 38.2 Å². The van der Waals surface area contributed by atoms with Crippen molar-refractivity contribution in [2.45, 2.75) is 95.5 Å². The number of carboxylic acids is 1. The number of Topliss-reactive ketones (excluding diaryl/α,β-unsaturated/α-hetero) is 1. The molecule has 2 heterocycles. The number of nitrogens with zero attached hydrogens (tertiary/aromatic N) is 1. The van der Waals surface area contributed by atoms with E-state index in [0.717, 1.165) is 24.0 Å². The number of amides is 3. The number of hydrogen-bond donors (Lipinski definition) is 6. The first-order valence-corrected chi connectivity index (χ1v) is 21.2. The fraction of sp³-hybridized carbons (Fsp3) is 0.535. The number of benzene rings is 1. The molecule has 3 amide bonds. The Morgan fingerprint density at radius 1 is 1.12 bits per heavy atom. The van der Waals surface area contributed by atoms with Gasteiger partial charge in [-0.1, -0.05) is 53.6 Å².